The lowest BCUT2D eigenvalue weighted by Gasteiger charge is -2.30. The van der Waals surface area contributed by atoms with Crippen LogP contribution in [0.5, 0.6) is 5.75 Å². The number of ether oxygens (including phenoxy) is 2. The molecule has 3 N–H and O–H groups in total. The zero-order chi connectivity index (χ0) is 30.9. The summed E-state index contributed by atoms with van der Waals surface area (Å²) in [5, 5.41) is 25.1. The topological polar surface area (TPSA) is 193 Å². The molecule has 0 bridgehead atoms. The molecular weight excluding hydrogens is 574 g/mol. The third-order valence-electron chi connectivity index (χ3n) is 6.50. The molecule has 3 heterocycles. The number of aliphatic hydroxyl groups excluding tert-OH is 1. The van der Waals surface area contributed by atoms with Crippen LogP contribution in [-0.4, -0.2) is 67.9 Å². The summed E-state index contributed by atoms with van der Waals surface area (Å²) < 4.78 is 58.8. The predicted octanol–water partition coefficient (Wildman–Crippen LogP) is 3.11. The number of nitrogens with two attached hydrogens (primary N) is 1. The number of fused-ring (bicyclic) bond motifs is 1. The van der Waals surface area contributed by atoms with Crippen LogP contribution in [0.1, 0.15) is 40.3 Å². The second kappa shape index (κ2) is 11.5. The van der Waals surface area contributed by atoms with Gasteiger partial charge in [-0.2, -0.15) is 10.4 Å². The van der Waals surface area contributed by atoms with Crippen LogP contribution in [-0.2, 0) is 33.5 Å². The SMILES string of the molecule is C[C@@H](COC(=O)C(C)(C)C)OP(=O)(OC[C@H]1O[C@@](C#N)(c2cnc3c(N)ncnn23)[C@](C)(F)[C@@H]1O)Oc1ccccc1. The lowest BCUT2D eigenvalue weighted by atomic mass is 9.82. The van der Waals surface area contributed by atoms with Crippen LogP contribution in [0.15, 0.2) is 42.9 Å². The molecule has 42 heavy (non-hydrogen) atoms. The van der Waals surface area contributed by atoms with E-state index < -0.39 is 55.4 Å². The Labute approximate surface area is 241 Å². The van der Waals surface area contributed by atoms with Crippen molar-refractivity contribution in [3.8, 4) is 11.8 Å². The van der Waals surface area contributed by atoms with Crippen molar-refractivity contribution in [2.24, 2.45) is 5.41 Å². The van der Waals surface area contributed by atoms with Gasteiger partial charge in [0.2, 0.25) is 5.60 Å². The Balaban J connectivity index is 1.57. The molecule has 14 nitrogen and oxygen atoms in total. The monoisotopic (exact) mass is 606 g/mol. The van der Waals surface area contributed by atoms with E-state index in [1.165, 1.54) is 19.1 Å². The Morgan fingerprint density at radius 1 is 1.33 bits per heavy atom. The molecule has 2 aromatic heterocycles. The van der Waals surface area contributed by atoms with Crippen molar-refractivity contribution in [1.82, 2.24) is 19.6 Å². The molecule has 0 radical (unpaired) electrons. The molecule has 1 aliphatic rings. The van der Waals surface area contributed by atoms with Crippen molar-refractivity contribution in [2.75, 3.05) is 18.9 Å². The van der Waals surface area contributed by atoms with E-state index in [-0.39, 0.29) is 29.5 Å². The highest BCUT2D eigenvalue weighted by molar-refractivity contribution is 7.49. The van der Waals surface area contributed by atoms with Gasteiger partial charge in [-0.1, -0.05) is 18.2 Å². The average molecular weight is 607 g/mol. The van der Waals surface area contributed by atoms with Gasteiger partial charge in [0.1, 0.15) is 48.8 Å². The second-order valence-electron chi connectivity index (χ2n) is 10.9. The highest BCUT2D eigenvalue weighted by Gasteiger charge is 2.67. The summed E-state index contributed by atoms with van der Waals surface area (Å²) in [6.45, 7) is 6.49. The van der Waals surface area contributed by atoms with Gasteiger partial charge in [0, 0.05) is 0 Å². The Morgan fingerprint density at radius 3 is 2.67 bits per heavy atom. The van der Waals surface area contributed by atoms with Crippen molar-refractivity contribution < 1.29 is 41.9 Å². The fourth-order valence-corrected chi connectivity index (χ4v) is 5.55. The summed E-state index contributed by atoms with van der Waals surface area (Å²) in [5.74, 6) is -0.409. The van der Waals surface area contributed by atoms with Crippen LogP contribution in [0, 0.1) is 16.7 Å². The van der Waals surface area contributed by atoms with E-state index >= 15 is 4.39 Å². The first-order valence-corrected chi connectivity index (χ1v) is 14.3. The Kier molecular flexibility index (Phi) is 8.59. The van der Waals surface area contributed by atoms with E-state index in [0.717, 1.165) is 24.0 Å². The molecule has 3 aromatic rings. The number of benzene rings is 1. The van der Waals surface area contributed by atoms with Crippen molar-refractivity contribution in [1.29, 1.82) is 5.26 Å². The standard InChI is InChI=1S/C26H32FN6O8P/c1-16(12-37-23(35)24(2,3)4)40-42(36,41-17-9-7-6-8-10-17)38-13-18-20(34)25(5,27)26(14-28,39-18)19-11-30-22-21(29)31-15-32-33(19)22/h6-11,15-16,18,20,34H,12-13H2,1-5H3,(H2,29,31,32)/t16-,18+,20+,25+,26-,42?/m0/s1. The highest BCUT2D eigenvalue weighted by atomic mass is 31.2. The summed E-state index contributed by atoms with van der Waals surface area (Å²) in [5.41, 5.74) is -0.223. The van der Waals surface area contributed by atoms with Gasteiger partial charge in [0.15, 0.2) is 17.1 Å². The predicted molar refractivity (Wildman–Crippen MR) is 144 cm³/mol. The van der Waals surface area contributed by atoms with Crippen LogP contribution < -0.4 is 10.3 Å². The van der Waals surface area contributed by atoms with Crippen molar-refractivity contribution in [3.63, 3.8) is 0 Å². The lowest BCUT2D eigenvalue weighted by Crippen LogP contribution is -2.48. The maximum atomic E-state index is 16.3. The van der Waals surface area contributed by atoms with Gasteiger partial charge in [0.05, 0.1) is 18.2 Å². The zero-order valence-electron chi connectivity index (χ0n) is 23.6. The number of carbonyl (C=O) groups is 1. The van der Waals surface area contributed by atoms with E-state index in [4.69, 9.17) is 28.8 Å². The summed E-state index contributed by atoms with van der Waals surface area (Å²) in [6.07, 6.45) is -2.21. The van der Waals surface area contributed by atoms with Gasteiger partial charge in [-0.15, -0.1) is 0 Å². The minimum Gasteiger partial charge on any atom is -0.463 e. The van der Waals surface area contributed by atoms with Gasteiger partial charge < -0.3 is 24.8 Å². The number of phosphoric acid groups is 1. The minimum atomic E-state index is -4.52. The molecule has 0 spiro atoms. The highest BCUT2D eigenvalue weighted by Crippen LogP contribution is 2.53. The Hall–Kier alpha value is -3.67. The number of nitrogens with zero attached hydrogens (tertiary/aromatic N) is 5. The Morgan fingerprint density at radius 2 is 2.02 bits per heavy atom. The third kappa shape index (κ3) is 5.95. The smallest absolute Gasteiger partial charge is 0.463 e. The third-order valence-corrected chi connectivity index (χ3v) is 8.02. The lowest BCUT2D eigenvalue weighted by molar-refractivity contribution is -0.155. The van der Waals surface area contributed by atoms with Crippen LogP contribution in [0.4, 0.5) is 10.2 Å². The number of rotatable bonds is 10. The molecule has 4 rings (SSSR count). The average Bonchev–Trinajstić information content (AvgIpc) is 3.44. The first kappa shape index (κ1) is 31.3. The van der Waals surface area contributed by atoms with E-state index in [9.17, 15) is 19.7 Å². The number of alkyl halides is 1. The largest absolute Gasteiger partial charge is 0.530 e. The number of hydrogen-bond acceptors (Lipinski definition) is 13. The molecule has 0 aliphatic carbocycles. The number of imidazole rings is 1. The van der Waals surface area contributed by atoms with Gasteiger partial charge >= 0.3 is 13.8 Å². The number of para-hydroxylation sites is 1. The van der Waals surface area contributed by atoms with E-state index in [0.29, 0.717) is 0 Å². The summed E-state index contributed by atoms with van der Waals surface area (Å²) in [4.78, 5) is 20.1. The number of aliphatic hydroxyl groups is 1. The minimum absolute atomic E-state index is 0.0261. The number of phosphoric ester groups is 1. The number of anilines is 1. The second-order valence-corrected chi connectivity index (χ2v) is 12.5. The molecule has 0 saturated carbocycles. The van der Waals surface area contributed by atoms with E-state index in [1.54, 1.807) is 45.0 Å². The molecule has 1 fully saturated rings. The fourth-order valence-electron chi connectivity index (χ4n) is 4.18. The molecular formula is C26H32FN6O8P. The molecule has 1 unspecified atom stereocenters. The van der Waals surface area contributed by atoms with Crippen LogP contribution >= 0.6 is 7.82 Å². The molecule has 1 saturated heterocycles. The van der Waals surface area contributed by atoms with Gasteiger partial charge in [0.25, 0.3) is 0 Å². The summed E-state index contributed by atoms with van der Waals surface area (Å²) in [6, 6.07) is 9.76. The molecule has 6 atom stereocenters. The van der Waals surface area contributed by atoms with Gasteiger partial charge in [-0.3, -0.25) is 13.8 Å². The van der Waals surface area contributed by atoms with Crippen LogP contribution in [0.2, 0.25) is 0 Å². The molecule has 1 aromatic carbocycles. The van der Waals surface area contributed by atoms with Gasteiger partial charge in [-0.25, -0.2) is 23.4 Å². The van der Waals surface area contributed by atoms with E-state index in [1.807, 2.05) is 0 Å². The summed E-state index contributed by atoms with van der Waals surface area (Å²) >= 11 is 0. The van der Waals surface area contributed by atoms with Crippen LogP contribution in [0.3, 0.4) is 0 Å². The first-order chi connectivity index (χ1) is 19.6. The fraction of sp³-hybridized carbons (Fsp3) is 0.500. The quantitative estimate of drug-likeness (QED) is 0.253. The van der Waals surface area contributed by atoms with Crippen molar-refractivity contribution >= 4 is 25.3 Å². The number of nitriles is 1. The molecule has 1 aliphatic heterocycles. The summed E-state index contributed by atoms with van der Waals surface area (Å²) in [7, 11) is -4.52. The van der Waals surface area contributed by atoms with Gasteiger partial charge in [-0.05, 0) is 46.8 Å². The van der Waals surface area contributed by atoms with E-state index in [2.05, 4.69) is 15.1 Å². The molecule has 0 amide bonds. The van der Waals surface area contributed by atoms with Crippen LogP contribution in [0.25, 0.3) is 5.65 Å². The maximum absolute atomic E-state index is 16.3. The number of halogens is 1. The number of esters is 1. The van der Waals surface area contributed by atoms with Crippen molar-refractivity contribution in [3.05, 3.63) is 48.5 Å². The van der Waals surface area contributed by atoms with Crippen molar-refractivity contribution in [2.45, 2.75) is 64.2 Å². The number of aromatic nitrogens is 4. The normalized spacial score (nSPS) is 26.3. The Bertz CT molecular complexity index is 1520. The maximum Gasteiger partial charge on any atom is 0.530 e. The zero-order valence-corrected chi connectivity index (χ0v) is 24.5. The number of carbonyl (C=O) groups excluding carboxylic acids is 1. The first-order valence-electron chi connectivity index (χ1n) is 12.9. The number of hydrogen-bond donors (Lipinski definition) is 2. The molecule has 226 valence electrons. The number of nitrogen functional groups attached to an aromatic ring is 1. The molecule has 16 heteroatoms.